The molecule has 1 N–H and O–H groups in total. The Hall–Kier alpha value is -2.54. The molecule has 0 bridgehead atoms. The van der Waals surface area contributed by atoms with Crippen molar-refractivity contribution < 1.29 is 4.79 Å². The van der Waals surface area contributed by atoms with Crippen molar-refractivity contribution in [1.29, 1.82) is 0 Å². The van der Waals surface area contributed by atoms with Gasteiger partial charge < -0.3 is 0 Å². The van der Waals surface area contributed by atoms with Gasteiger partial charge in [-0.3, -0.25) is 10.1 Å². The lowest BCUT2D eigenvalue weighted by molar-refractivity contribution is 0.102. The van der Waals surface area contributed by atoms with Gasteiger partial charge in [-0.15, -0.1) is 10.2 Å². The Morgan fingerprint density at radius 2 is 2.00 bits per heavy atom. The molecule has 0 atom stereocenters. The molecule has 0 aliphatic rings. The average Bonchev–Trinajstić information content (AvgIpc) is 3.09. The minimum absolute atomic E-state index is 0.296. The lowest BCUT2D eigenvalue weighted by Gasteiger charge is -2.00. The van der Waals surface area contributed by atoms with Crippen LogP contribution < -0.4 is 5.32 Å². The first kappa shape index (κ1) is 12.5. The third-order valence-electron chi connectivity index (χ3n) is 2.59. The molecule has 1 amide bonds. The summed E-state index contributed by atoms with van der Waals surface area (Å²) < 4.78 is 1.65. The monoisotopic (exact) mass is 285 g/mol. The van der Waals surface area contributed by atoms with Crippen molar-refractivity contribution in [3.8, 4) is 5.69 Å². The van der Waals surface area contributed by atoms with Crippen LogP contribution in [0.4, 0.5) is 5.13 Å². The van der Waals surface area contributed by atoms with Gasteiger partial charge in [-0.25, -0.2) is 4.68 Å². The summed E-state index contributed by atoms with van der Waals surface area (Å²) in [6.07, 6.45) is 1.75. The molecule has 6 nitrogen and oxygen atoms in total. The highest BCUT2D eigenvalue weighted by Gasteiger charge is 2.12. The largest absolute Gasteiger partial charge is 0.295 e. The third-order valence-corrected chi connectivity index (χ3v) is 3.34. The second-order valence-corrected chi connectivity index (χ2v) is 5.24. The van der Waals surface area contributed by atoms with Crippen LogP contribution >= 0.6 is 11.3 Å². The number of rotatable bonds is 3. The van der Waals surface area contributed by atoms with E-state index in [1.165, 1.54) is 11.3 Å². The van der Waals surface area contributed by atoms with Crippen molar-refractivity contribution in [1.82, 2.24) is 20.0 Å². The number of hydrogen-bond donors (Lipinski definition) is 1. The molecule has 3 aromatic rings. The van der Waals surface area contributed by atoms with E-state index in [9.17, 15) is 4.79 Å². The predicted octanol–water partition coefficient (Wildman–Crippen LogP) is 2.28. The van der Waals surface area contributed by atoms with Gasteiger partial charge in [0.2, 0.25) is 5.13 Å². The molecule has 1 aromatic carbocycles. The molecule has 0 saturated heterocycles. The van der Waals surface area contributed by atoms with Crippen LogP contribution in [0.25, 0.3) is 5.69 Å². The van der Waals surface area contributed by atoms with Gasteiger partial charge >= 0.3 is 0 Å². The zero-order valence-corrected chi connectivity index (χ0v) is 11.5. The Kier molecular flexibility index (Phi) is 3.26. The fourth-order valence-electron chi connectivity index (χ4n) is 1.68. The van der Waals surface area contributed by atoms with Crippen molar-refractivity contribution >= 4 is 22.4 Å². The van der Waals surface area contributed by atoms with Crippen molar-refractivity contribution in [2.45, 2.75) is 6.92 Å². The van der Waals surface area contributed by atoms with E-state index in [-0.39, 0.29) is 5.91 Å². The van der Waals surface area contributed by atoms with Crippen molar-refractivity contribution in [3.63, 3.8) is 0 Å². The van der Waals surface area contributed by atoms with E-state index in [1.54, 1.807) is 16.9 Å². The summed E-state index contributed by atoms with van der Waals surface area (Å²) in [5.74, 6) is -0.296. The van der Waals surface area contributed by atoms with Gasteiger partial charge in [0.25, 0.3) is 5.91 Å². The van der Waals surface area contributed by atoms with Crippen LogP contribution in [0.5, 0.6) is 0 Å². The van der Waals surface area contributed by atoms with Gasteiger partial charge in [0.15, 0.2) is 5.69 Å². The Morgan fingerprint density at radius 1 is 1.20 bits per heavy atom. The van der Waals surface area contributed by atoms with Crippen LogP contribution in [-0.4, -0.2) is 25.9 Å². The van der Waals surface area contributed by atoms with E-state index in [1.807, 2.05) is 37.3 Å². The molecular weight excluding hydrogens is 274 g/mol. The van der Waals surface area contributed by atoms with Crippen LogP contribution in [0.2, 0.25) is 0 Å². The first-order valence-electron chi connectivity index (χ1n) is 5.95. The van der Waals surface area contributed by atoms with Crippen LogP contribution in [0.1, 0.15) is 15.5 Å². The summed E-state index contributed by atoms with van der Waals surface area (Å²) in [6.45, 7) is 1.83. The highest BCUT2D eigenvalue weighted by Crippen LogP contribution is 2.15. The molecule has 0 fully saturated rings. The zero-order chi connectivity index (χ0) is 13.9. The van der Waals surface area contributed by atoms with Gasteiger partial charge in [-0.05, 0) is 25.1 Å². The number of para-hydroxylation sites is 1. The number of amides is 1. The average molecular weight is 285 g/mol. The Labute approximate surface area is 119 Å². The number of carbonyl (C=O) groups excluding carboxylic acids is 1. The number of aryl methyl sites for hydroxylation is 1. The lowest BCUT2D eigenvalue weighted by atomic mass is 10.3. The number of benzene rings is 1. The second-order valence-electron chi connectivity index (χ2n) is 4.06. The topological polar surface area (TPSA) is 72.7 Å². The minimum atomic E-state index is -0.296. The second kappa shape index (κ2) is 5.22. The minimum Gasteiger partial charge on any atom is -0.295 e. The van der Waals surface area contributed by atoms with Gasteiger partial charge in [-0.2, -0.15) is 5.10 Å². The molecule has 0 aliphatic carbocycles. The van der Waals surface area contributed by atoms with E-state index in [2.05, 4.69) is 20.6 Å². The molecular formula is C13H11N5OS. The molecule has 0 unspecified atom stereocenters. The van der Waals surface area contributed by atoms with E-state index < -0.39 is 0 Å². The summed E-state index contributed by atoms with van der Waals surface area (Å²) in [5.41, 5.74) is 1.24. The molecule has 0 spiro atoms. The van der Waals surface area contributed by atoms with Crippen LogP contribution in [0.15, 0.2) is 42.6 Å². The molecule has 2 aromatic heterocycles. The maximum absolute atomic E-state index is 12.0. The van der Waals surface area contributed by atoms with Crippen molar-refractivity contribution in [2.24, 2.45) is 0 Å². The number of hydrogen-bond acceptors (Lipinski definition) is 5. The molecule has 2 heterocycles. The number of carbonyl (C=O) groups is 1. The number of nitrogens with zero attached hydrogens (tertiary/aromatic N) is 4. The van der Waals surface area contributed by atoms with Gasteiger partial charge in [0.1, 0.15) is 5.01 Å². The summed E-state index contributed by atoms with van der Waals surface area (Å²) >= 11 is 1.33. The number of anilines is 1. The van der Waals surface area contributed by atoms with E-state index in [0.29, 0.717) is 10.8 Å². The third kappa shape index (κ3) is 2.57. The fraction of sp³-hybridized carbons (Fsp3) is 0.0769. The Bertz CT molecular complexity index is 734. The van der Waals surface area contributed by atoms with Crippen LogP contribution in [-0.2, 0) is 0 Å². The first-order chi connectivity index (χ1) is 9.72. The maximum Gasteiger partial charge on any atom is 0.277 e. The first-order valence-corrected chi connectivity index (χ1v) is 6.76. The van der Waals surface area contributed by atoms with Crippen LogP contribution in [0.3, 0.4) is 0 Å². The number of nitrogens with one attached hydrogen (secondary N) is 1. The van der Waals surface area contributed by atoms with E-state index >= 15 is 0 Å². The van der Waals surface area contributed by atoms with Gasteiger partial charge in [0.05, 0.1) is 5.69 Å². The Balaban J connectivity index is 1.78. The van der Waals surface area contributed by atoms with E-state index in [4.69, 9.17) is 0 Å². The van der Waals surface area contributed by atoms with Crippen LogP contribution in [0, 0.1) is 6.92 Å². The molecule has 3 rings (SSSR count). The van der Waals surface area contributed by atoms with Crippen molar-refractivity contribution in [2.75, 3.05) is 5.32 Å². The highest BCUT2D eigenvalue weighted by molar-refractivity contribution is 7.15. The van der Waals surface area contributed by atoms with Crippen molar-refractivity contribution in [3.05, 3.63) is 53.3 Å². The summed E-state index contributed by atoms with van der Waals surface area (Å²) in [5, 5.41) is 15.9. The SMILES string of the molecule is Cc1nnc(NC(=O)c2ccn(-c3ccccc3)n2)s1. The number of aromatic nitrogens is 4. The molecule has 20 heavy (non-hydrogen) atoms. The zero-order valence-electron chi connectivity index (χ0n) is 10.6. The van der Waals surface area contributed by atoms with Gasteiger partial charge in [0, 0.05) is 6.20 Å². The normalized spacial score (nSPS) is 10.4. The maximum atomic E-state index is 12.0. The van der Waals surface area contributed by atoms with Gasteiger partial charge in [-0.1, -0.05) is 29.5 Å². The summed E-state index contributed by atoms with van der Waals surface area (Å²) in [4.78, 5) is 12.0. The Morgan fingerprint density at radius 3 is 2.70 bits per heavy atom. The summed E-state index contributed by atoms with van der Waals surface area (Å²) in [6, 6.07) is 11.3. The standard InChI is InChI=1S/C13H11N5OS/c1-9-15-16-13(20-9)14-12(19)11-7-8-18(17-11)10-5-3-2-4-6-10/h2-8H,1H3,(H,14,16,19). The summed E-state index contributed by atoms with van der Waals surface area (Å²) in [7, 11) is 0. The smallest absolute Gasteiger partial charge is 0.277 e. The molecule has 100 valence electrons. The predicted molar refractivity (Wildman–Crippen MR) is 76.2 cm³/mol. The molecule has 0 saturated carbocycles. The molecule has 7 heteroatoms. The quantitative estimate of drug-likeness (QED) is 0.801. The fourth-order valence-corrected chi connectivity index (χ4v) is 2.26. The highest BCUT2D eigenvalue weighted by atomic mass is 32.1. The molecule has 0 aliphatic heterocycles. The molecule has 0 radical (unpaired) electrons. The lowest BCUT2D eigenvalue weighted by Crippen LogP contribution is -2.13. The van der Waals surface area contributed by atoms with E-state index in [0.717, 1.165) is 10.7 Å².